The molecule has 0 radical (unpaired) electrons. The first-order chi connectivity index (χ1) is 13.0. The summed E-state index contributed by atoms with van der Waals surface area (Å²) in [6.45, 7) is 1.93. The van der Waals surface area contributed by atoms with Gasteiger partial charge < -0.3 is 10.8 Å². The van der Waals surface area contributed by atoms with Gasteiger partial charge in [0.2, 0.25) is 0 Å². The van der Waals surface area contributed by atoms with Gasteiger partial charge in [0.15, 0.2) is 0 Å². The van der Waals surface area contributed by atoms with Crippen LogP contribution in [-0.2, 0) is 4.79 Å². The summed E-state index contributed by atoms with van der Waals surface area (Å²) in [5, 5.41) is 13.1. The van der Waals surface area contributed by atoms with Crippen LogP contribution in [0.3, 0.4) is 0 Å². The Labute approximate surface area is 157 Å². The second-order valence-corrected chi connectivity index (χ2v) is 7.37. The van der Waals surface area contributed by atoms with Crippen LogP contribution in [-0.4, -0.2) is 30.7 Å². The average Bonchev–Trinajstić information content (AvgIpc) is 3.11. The van der Waals surface area contributed by atoms with Crippen LogP contribution in [0.5, 0.6) is 0 Å². The quantitative estimate of drug-likeness (QED) is 0.733. The van der Waals surface area contributed by atoms with E-state index in [0.717, 1.165) is 42.5 Å². The SMILES string of the molecule is Cc1nc2ncnn2c(N)c1-c1ccc(C2CCC(CC(=O)O)CC2)cc1. The van der Waals surface area contributed by atoms with Crippen molar-refractivity contribution in [1.29, 1.82) is 0 Å². The Morgan fingerprint density at radius 1 is 1.22 bits per heavy atom. The normalized spacial score (nSPS) is 20.0. The predicted octanol–water partition coefficient (Wildman–Crippen LogP) is 3.43. The van der Waals surface area contributed by atoms with Gasteiger partial charge in [-0.15, -0.1) is 0 Å². The highest BCUT2D eigenvalue weighted by atomic mass is 16.4. The van der Waals surface area contributed by atoms with Crippen LogP contribution in [0, 0.1) is 12.8 Å². The first-order valence-electron chi connectivity index (χ1n) is 9.31. The van der Waals surface area contributed by atoms with E-state index in [9.17, 15) is 4.79 Å². The molecule has 2 heterocycles. The molecule has 7 heteroatoms. The summed E-state index contributed by atoms with van der Waals surface area (Å²) in [6.07, 6.45) is 5.80. The summed E-state index contributed by atoms with van der Waals surface area (Å²) in [5.74, 6) is 1.17. The third-order valence-corrected chi connectivity index (χ3v) is 5.62. The smallest absolute Gasteiger partial charge is 0.303 e. The molecule has 3 N–H and O–H groups in total. The molecule has 0 bridgehead atoms. The fourth-order valence-electron chi connectivity index (χ4n) is 4.20. The lowest BCUT2D eigenvalue weighted by Gasteiger charge is -2.28. The Morgan fingerprint density at radius 2 is 1.93 bits per heavy atom. The van der Waals surface area contributed by atoms with E-state index >= 15 is 0 Å². The molecule has 1 aliphatic rings. The standard InChI is InChI=1S/C20H23N5O2/c1-12-18(19(21)25-20(24-12)22-11-23-25)16-8-6-15(7-9-16)14-4-2-13(3-5-14)10-17(26)27/h6-9,11,13-14H,2-5,10,21H2,1H3,(H,26,27). The maximum absolute atomic E-state index is 10.9. The number of aliphatic carboxylic acids is 1. The lowest BCUT2D eigenvalue weighted by atomic mass is 9.77. The zero-order valence-corrected chi connectivity index (χ0v) is 15.3. The minimum atomic E-state index is -0.686. The average molecular weight is 365 g/mol. The Bertz CT molecular complexity index is 972. The third kappa shape index (κ3) is 3.37. The summed E-state index contributed by atoms with van der Waals surface area (Å²) in [7, 11) is 0. The Morgan fingerprint density at radius 3 is 2.59 bits per heavy atom. The highest BCUT2D eigenvalue weighted by Crippen LogP contribution is 2.38. The van der Waals surface area contributed by atoms with E-state index in [-0.39, 0.29) is 0 Å². The van der Waals surface area contributed by atoms with Gasteiger partial charge in [-0.3, -0.25) is 4.79 Å². The first kappa shape index (κ1) is 17.5. The number of aromatic nitrogens is 4. The number of nitrogens with two attached hydrogens (primary N) is 1. The van der Waals surface area contributed by atoms with Gasteiger partial charge >= 0.3 is 5.97 Å². The van der Waals surface area contributed by atoms with Gasteiger partial charge in [-0.2, -0.15) is 14.6 Å². The number of nitrogens with zero attached hydrogens (tertiary/aromatic N) is 4. The molecule has 1 aromatic carbocycles. The van der Waals surface area contributed by atoms with Crippen molar-refractivity contribution in [3.8, 4) is 11.1 Å². The van der Waals surface area contributed by atoms with Crippen LogP contribution in [0.15, 0.2) is 30.6 Å². The topological polar surface area (TPSA) is 106 Å². The van der Waals surface area contributed by atoms with Crippen molar-refractivity contribution >= 4 is 17.6 Å². The Hall–Kier alpha value is -2.96. The molecule has 3 aromatic rings. The minimum absolute atomic E-state index is 0.294. The maximum Gasteiger partial charge on any atom is 0.303 e. The number of fused-ring (bicyclic) bond motifs is 1. The summed E-state index contributed by atoms with van der Waals surface area (Å²) >= 11 is 0. The zero-order valence-electron chi connectivity index (χ0n) is 15.3. The lowest BCUT2D eigenvalue weighted by Crippen LogP contribution is -2.16. The molecule has 2 aromatic heterocycles. The molecular formula is C20H23N5O2. The van der Waals surface area contributed by atoms with Crippen molar-refractivity contribution in [3.63, 3.8) is 0 Å². The fourth-order valence-corrected chi connectivity index (χ4v) is 4.20. The molecule has 0 unspecified atom stereocenters. The molecule has 0 saturated heterocycles. The first-order valence-corrected chi connectivity index (χ1v) is 9.31. The van der Waals surface area contributed by atoms with E-state index in [1.54, 1.807) is 4.52 Å². The molecular weight excluding hydrogens is 342 g/mol. The van der Waals surface area contributed by atoms with E-state index in [0.29, 0.717) is 29.9 Å². The molecule has 4 rings (SSSR count). The lowest BCUT2D eigenvalue weighted by molar-refractivity contribution is -0.138. The molecule has 7 nitrogen and oxygen atoms in total. The minimum Gasteiger partial charge on any atom is -0.481 e. The van der Waals surface area contributed by atoms with Crippen molar-refractivity contribution in [2.24, 2.45) is 5.92 Å². The summed E-state index contributed by atoms with van der Waals surface area (Å²) < 4.78 is 1.56. The van der Waals surface area contributed by atoms with Gasteiger partial charge in [-0.05, 0) is 55.6 Å². The molecule has 0 aliphatic heterocycles. The van der Waals surface area contributed by atoms with Gasteiger partial charge in [0.1, 0.15) is 12.1 Å². The van der Waals surface area contributed by atoms with Crippen molar-refractivity contribution in [2.75, 3.05) is 5.73 Å². The van der Waals surface area contributed by atoms with Crippen molar-refractivity contribution in [2.45, 2.75) is 44.9 Å². The molecule has 1 fully saturated rings. The van der Waals surface area contributed by atoms with Crippen LogP contribution >= 0.6 is 0 Å². The van der Waals surface area contributed by atoms with Gasteiger partial charge in [0.05, 0.1) is 5.69 Å². The van der Waals surface area contributed by atoms with E-state index < -0.39 is 5.97 Å². The number of carbonyl (C=O) groups is 1. The number of rotatable bonds is 4. The monoisotopic (exact) mass is 365 g/mol. The fraction of sp³-hybridized carbons (Fsp3) is 0.400. The number of nitrogen functional groups attached to an aromatic ring is 1. The molecule has 0 amide bonds. The van der Waals surface area contributed by atoms with Gasteiger partial charge in [0, 0.05) is 12.0 Å². The van der Waals surface area contributed by atoms with Crippen LogP contribution in [0.25, 0.3) is 16.9 Å². The molecule has 1 aliphatic carbocycles. The largest absolute Gasteiger partial charge is 0.481 e. The number of carboxylic acids is 1. The van der Waals surface area contributed by atoms with E-state index in [2.05, 4.69) is 39.3 Å². The van der Waals surface area contributed by atoms with E-state index in [1.165, 1.54) is 11.9 Å². The number of benzene rings is 1. The van der Waals surface area contributed by atoms with Crippen LogP contribution in [0.4, 0.5) is 5.82 Å². The van der Waals surface area contributed by atoms with Gasteiger partial charge in [-0.25, -0.2) is 4.98 Å². The molecule has 0 spiro atoms. The van der Waals surface area contributed by atoms with Crippen LogP contribution in [0.1, 0.15) is 49.3 Å². The zero-order chi connectivity index (χ0) is 19.0. The number of anilines is 1. The highest BCUT2D eigenvalue weighted by molar-refractivity contribution is 5.77. The predicted molar refractivity (Wildman–Crippen MR) is 102 cm³/mol. The van der Waals surface area contributed by atoms with E-state index in [1.807, 2.05) is 6.92 Å². The highest BCUT2D eigenvalue weighted by Gasteiger charge is 2.24. The van der Waals surface area contributed by atoms with Gasteiger partial charge in [0.25, 0.3) is 5.78 Å². The number of carboxylic acid groups (broad SMARTS) is 1. The second kappa shape index (κ2) is 6.98. The van der Waals surface area contributed by atoms with Crippen LogP contribution < -0.4 is 5.73 Å². The number of hydrogen-bond acceptors (Lipinski definition) is 5. The second-order valence-electron chi connectivity index (χ2n) is 7.37. The Kier molecular flexibility index (Phi) is 4.51. The molecule has 0 atom stereocenters. The van der Waals surface area contributed by atoms with Crippen molar-refractivity contribution < 1.29 is 9.90 Å². The summed E-state index contributed by atoms with van der Waals surface area (Å²) in [5.41, 5.74) is 10.3. The van der Waals surface area contributed by atoms with Crippen LogP contribution in [0.2, 0.25) is 0 Å². The summed E-state index contributed by atoms with van der Waals surface area (Å²) in [4.78, 5) is 19.5. The molecule has 1 saturated carbocycles. The Balaban J connectivity index is 1.54. The van der Waals surface area contributed by atoms with Gasteiger partial charge in [-0.1, -0.05) is 24.3 Å². The molecule has 27 heavy (non-hydrogen) atoms. The summed E-state index contributed by atoms with van der Waals surface area (Å²) in [6, 6.07) is 8.48. The maximum atomic E-state index is 10.9. The number of hydrogen-bond donors (Lipinski definition) is 2. The molecule has 140 valence electrons. The number of aryl methyl sites for hydroxylation is 1. The van der Waals surface area contributed by atoms with E-state index in [4.69, 9.17) is 10.8 Å². The van der Waals surface area contributed by atoms with Crippen molar-refractivity contribution in [3.05, 3.63) is 41.9 Å². The third-order valence-electron chi connectivity index (χ3n) is 5.62. The van der Waals surface area contributed by atoms with Crippen molar-refractivity contribution in [1.82, 2.24) is 19.6 Å².